The van der Waals surface area contributed by atoms with Crippen LogP contribution >= 0.6 is 0 Å². The summed E-state index contributed by atoms with van der Waals surface area (Å²) in [7, 11) is 0. The predicted octanol–water partition coefficient (Wildman–Crippen LogP) is 4.42. The lowest BCUT2D eigenvalue weighted by atomic mass is 9.98. The highest BCUT2D eigenvalue weighted by molar-refractivity contribution is 5.81. The van der Waals surface area contributed by atoms with Crippen LogP contribution in [0.3, 0.4) is 0 Å². The molecule has 1 aliphatic carbocycles. The number of carboxylic acid groups (broad SMARTS) is 1. The molecule has 0 bridgehead atoms. The van der Waals surface area contributed by atoms with E-state index in [0.717, 1.165) is 22.3 Å². The summed E-state index contributed by atoms with van der Waals surface area (Å²) in [6.07, 6.45) is 7.41. The number of amides is 1. The smallest absolute Gasteiger partial charge is 0.407 e. The van der Waals surface area contributed by atoms with Gasteiger partial charge in [-0.15, -0.1) is 0 Å². The van der Waals surface area contributed by atoms with Crippen molar-refractivity contribution in [2.45, 2.75) is 71.2 Å². The summed E-state index contributed by atoms with van der Waals surface area (Å²) in [4.78, 5) is 59.4. The molecule has 47 heavy (non-hydrogen) atoms. The number of unbranched alkanes of at least 4 members (excludes halogenated alkanes) is 1. The van der Waals surface area contributed by atoms with Crippen molar-refractivity contribution in [3.8, 4) is 11.1 Å². The van der Waals surface area contributed by atoms with E-state index in [4.69, 9.17) is 4.74 Å². The van der Waals surface area contributed by atoms with E-state index < -0.39 is 18.1 Å². The molecule has 2 aromatic carbocycles. The number of hydrogen-bond acceptors (Lipinski definition) is 8. The summed E-state index contributed by atoms with van der Waals surface area (Å²) in [6.45, 7) is 4.98. The first kappa shape index (κ1) is 33.3. The molecule has 0 unspecified atom stereocenters. The first-order chi connectivity index (χ1) is 22.7. The van der Waals surface area contributed by atoms with E-state index in [9.17, 15) is 24.3 Å². The van der Waals surface area contributed by atoms with Gasteiger partial charge >= 0.3 is 12.1 Å². The Morgan fingerprint density at radius 3 is 1.89 bits per heavy atom. The third-order valence-electron chi connectivity index (χ3n) is 8.27. The van der Waals surface area contributed by atoms with E-state index in [-0.39, 0.29) is 43.6 Å². The van der Waals surface area contributed by atoms with Crippen LogP contribution in [0.15, 0.2) is 73.3 Å². The molecule has 0 radical (unpaired) electrons. The number of alkyl carbamates (subject to hydrolysis) is 1. The van der Waals surface area contributed by atoms with Crippen LogP contribution in [0.25, 0.3) is 11.1 Å². The first-order valence-electron chi connectivity index (χ1n) is 15.7. The number of nitrogens with one attached hydrogen (secondary N) is 1. The number of Topliss-reactive ketones (excluding diaryl/α,β-unsaturated/α-hetero) is 2. The second kappa shape index (κ2) is 15.5. The predicted molar refractivity (Wildman–Crippen MR) is 173 cm³/mol. The molecule has 0 aliphatic heterocycles. The third kappa shape index (κ3) is 8.59. The van der Waals surface area contributed by atoms with Crippen molar-refractivity contribution < 1.29 is 29.0 Å². The maximum absolute atomic E-state index is 12.8. The number of hydrogen-bond donors (Lipinski definition) is 2. The van der Waals surface area contributed by atoms with Gasteiger partial charge in [-0.05, 0) is 61.9 Å². The number of rotatable bonds is 17. The van der Waals surface area contributed by atoms with E-state index >= 15 is 0 Å². The van der Waals surface area contributed by atoms with Crippen molar-refractivity contribution in [1.29, 1.82) is 0 Å². The number of imidazole rings is 2. The summed E-state index contributed by atoms with van der Waals surface area (Å²) >= 11 is 0. The minimum absolute atomic E-state index is 0.0106. The van der Waals surface area contributed by atoms with E-state index in [1.54, 1.807) is 33.9 Å². The molecule has 0 spiro atoms. The van der Waals surface area contributed by atoms with Gasteiger partial charge in [-0.2, -0.15) is 0 Å². The topological polar surface area (TPSA) is 149 Å². The minimum Gasteiger partial charge on any atom is -0.480 e. The van der Waals surface area contributed by atoms with Gasteiger partial charge in [0, 0.05) is 30.7 Å². The van der Waals surface area contributed by atoms with Crippen LogP contribution in [0.5, 0.6) is 0 Å². The standard InChI is InChI=1S/C35H40N6O6/c1-24(42)19-40-17-14-36-32(40)21-39(22-33-37-15-18-41(33)20-25(2)43)16-8-7-13-31(34(44)45)38-35(46)47-23-30-28-11-5-3-9-26(28)27-10-4-6-12-29(27)30/h3-6,9-12,14-15,17-18,30-31H,7-8,13,16,19-23H2,1-2H3,(H,38,46)(H,44,45)/t31-/m0/s1. The molecule has 1 atom stereocenters. The number of nitrogens with zero attached hydrogens (tertiary/aromatic N) is 5. The van der Waals surface area contributed by atoms with Gasteiger partial charge < -0.3 is 24.3 Å². The van der Waals surface area contributed by atoms with Crippen molar-refractivity contribution in [3.63, 3.8) is 0 Å². The first-order valence-corrected chi connectivity index (χ1v) is 15.7. The molecule has 0 fully saturated rings. The van der Waals surface area contributed by atoms with Gasteiger partial charge in [-0.3, -0.25) is 14.5 Å². The number of carbonyl (C=O) groups is 4. The maximum atomic E-state index is 12.8. The van der Waals surface area contributed by atoms with Gasteiger partial charge in [0.1, 0.15) is 35.9 Å². The van der Waals surface area contributed by atoms with Crippen molar-refractivity contribution >= 4 is 23.6 Å². The fourth-order valence-electron chi connectivity index (χ4n) is 6.09. The second-order valence-corrected chi connectivity index (χ2v) is 11.9. The number of aliphatic carboxylic acids is 1. The minimum atomic E-state index is -1.13. The molecule has 246 valence electrons. The van der Waals surface area contributed by atoms with E-state index in [1.165, 1.54) is 13.8 Å². The zero-order valence-corrected chi connectivity index (χ0v) is 26.7. The Hall–Kier alpha value is -5.10. The van der Waals surface area contributed by atoms with Crippen LogP contribution in [-0.2, 0) is 45.3 Å². The fraction of sp³-hybridized carbons (Fsp3) is 0.371. The highest BCUT2D eigenvalue weighted by atomic mass is 16.5. The second-order valence-electron chi connectivity index (χ2n) is 11.9. The van der Waals surface area contributed by atoms with Crippen molar-refractivity contribution in [3.05, 3.63) is 96.1 Å². The van der Waals surface area contributed by atoms with E-state index in [0.29, 0.717) is 44.1 Å². The molecular weight excluding hydrogens is 600 g/mol. The molecule has 5 rings (SSSR count). The Morgan fingerprint density at radius 2 is 1.38 bits per heavy atom. The molecule has 1 amide bonds. The number of carbonyl (C=O) groups excluding carboxylic acids is 3. The van der Waals surface area contributed by atoms with Gasteiger partial charge in [-0.1, -0.05) is 48.5 Å². The lowest BCUT2D eigenvalue weighted by Gasteiger charge is -2.23. The largest absolute Gasteiger partial charge is 0.480 e. The zero-order chi connectivity index (χ0) is 33.3. The Morgan fingerprint density at radius 1 is 0.851 bits per heavy atom. The van der Waals surface area contributed by atoms with Crippen molar-refractivity contribution in [1.82, 2.24) is 29.3 Å². The van der Waals surface area contributed by atoms with Gasteiger partial charge in [0.05, 0.1) is 26.2 Å². The Bertz CT molecular complexity index is 1630. The summed E-state index contributed by atoms with van der Waals surface area (Å²) in [5, 5.41) is 12.4. The highest BCUT2D eigenvalue weighted by Gasteiger charge is 2.30. The summed E-state index contributed by atoms with van der Waals surface area (Å²) in [5.74, 6) is 0.190. The zero-order valence-electron chi connectivity index (χ0n) is 26.7. The molecule has 12 nitrogen and oxygen atoms in total. The molecule has 0 saturated carbocycles. The highest BCUT2D eigenvalue weighted by Crippen LogP contribution is 2.44. The Labute approximate surface area is 273 Å². The SMILES string of the molecule is CC(=O)Cn1ccnc1CN(CCCC[C@H](NC(=O)OCC1c2ccccc2-c2ccccc21)C(=O)O)Cc1nccn1CC(C)=O. The average Bonchev–Trinajstić information content (AvgIpc) is 3.74. The number of aromatic nitrogens is 4. The summed E-state index contributed by atoms with van der Waals surface area (Å²) in [6, 6.07) is 14.9. The van der Waals surface area contributed by atoms with Crippen LogP contribution in [-0.4, -0.2) is 71.9 Å². The number of carboxylic acids is 1. The number of benzene rings is 2. The van der Waals surface area contributed by atoms with Crippen molar-refractivity contribution in [2.75, 3.05) is 13.2 Å². The molecular formula is C35H40N6O6. The average molecular weight is 641 g/mol. The molecule has 4 aromatic rings. The van der Waals surface area contributed by atoms with Gasteiger partial charge in [0.2, 0.25) is 0 Å². The van der Waals surface area contributed by atoms with Crippen LogP contribution in [0.4, 0.5) is 4.79 Å². The fourth-order valence-corrected chi connectivity index (χ4v) is 6.09. The van der Waals surface area contributed by atoms with Crippen molar-refractivity contribution in [2.24, 2.45) is 0 Å². The molecule has 12 heteroatoms. The molecule has 0 saturated heterocycles. The maximum Gasteiger partial charge on any atom is 0.407 e. The molecule has 1 aliphatic rings. The van der Waals surface area contributed by atoms with E-state index in [1.807, 2.05) is 36.4 Å². The van der Waals surface area contributed by atoms with Gasteiger partial charge in [-0.25, -0.2) is 19.6 Å². The number of fused-ring (bicyclic) bond motifs is 3. The van der Waals surface area contributed by atoms with E-state index in [2.05, 4.69) is 32.3 Å². The molecule has 2 heterocycles. The molecule has 2 aromatic heterocycles. The third-order valence-corrected chi connectivity index (χ3v) is 8.27. The lowest BCUT2D eigenvalue weighted by molar-refractivity contribution is -0.139. The number of ether oxygens (including phenoxy) is 1. The normalized spacial score (nSPS) is 12.8. The van der Waals surface area contributed by atoms with Gasteiger partial charge in [0.15, 0.2) is 0 Å². The van der Waals surface area contributed by atoms with Crippen LogP contribution in [0.2, 0.25) is 0 Å². The Kier molecular flexibility index (Phi) is 10.9. The monoisotopic (exact) mass is 640 g/mol. The van der Waals surface area contributed by atoms with Crippen LogP contribution in [0, 0.1) is 0 Å². The lowest BCUT2D eigenvalue weighted by Crippen LogP contribution is -2.41. The summed E-state index contributed by atoms with van der Waals surface area (Å²) < 4.78 is 9.17. The van der Waals surface area contributed by atoms with Gasteiger partial charge in [0.25, 0.3) is 0 Å². The van der Waals surface area contributed by atoms with Crippen LogP contribution < -0.4 is 5.32 Å². The van der Waals surface area contributed by atoms with Crippen LogP contribution in [0.1, 0.15) is 61.8 Å². The number of ketones is 2. The summed E-state index contributed by atoms with van der Waals surface area (Å²) in [5.41, 5.74) is 4.38. The quantitative estimate of drug-likeness (QED) is 0.160. The molecule has 2 N–H and O–H groups in total. The Balaban J connectivity index is 1.16.